The molecule has 0 saturated heterocycles. The highest BCUT2D eigenvalue weighted by Gasteiger charge is 2.23. The summed E-state index contributed by atoms with van der Waals surface area (Å²) in [6, 6.07) is 3.64. The number of hydrogen-bond donors (Lipinski definition) is 1. The average molecular weight is 281 g/mol. The maximum absolute atomic E-state index is 13.3. The van der Waals surface area contributed by atoms with E-state index in [0.29, 0.717) is 6.29 Å². The van der Waals surface area contributed by atoms with E-state index in [-0.39, 0.29) is 22.8 Å². The maximum atomic E-state index is 13.3. The molecule has 1 aromatic rings. The zero-order chi connectivity index (χ0) is 15.3. The number of nitrogens with one attached hydrogen (secondary N) is 1. The van der Waals surface area contributed by atoms with E-state index in [1.807, 2.05) is 20.8 Å². The van der Waals surface area contributed by atoms with Gasteiger partial charge in [0.15, 0.2) is 6.10 Å². The van der Waals surface area contributed by atoms with Crippen LogP contribution in [0.2, 0.25) is 0 Å². The predicted molar refractivity (Wildman–Crippen MR) is 74.4 cm³/mol. The second-order valence-corrected chi connectivity index (χ2v) is 5.32. The minimum absolute atomic E-state index is 0.157. The molecule has 110 valence electrons. The Morgan fingerprint density at radius 1 is 1.45 bits per heavy atom. The second kappa shape index (κ2) is 6.50. The molecule has 0 aromatic heterocycles. The predicted octanol–water partition coefficient (Wildman–Crippen LogP) is 2.71. The fourth-order valence-corrected chi connectivity index (χ4v) is 1.50. The fourth-order valence-electron chi connectivity index (χ4n) is 1.50. The lowest BCUT2D eigenvalue weighted by molar-refractivity contribution is -0.129. The summed E-state index contributed by atoms with van der Waals surface area (Å²) in [7, 11) is 0. The van der Waals surface area contributed by atoms with Crippen molar-refractivity contribution in [1.82, 2.24) is 5.32 Å². The van der Waals surface area contributed by atoms with Crippen LogP contribution >= 0.6 is 0 Å². The molecule has 0 aliphatic carbocycles. The number of hydrogen-bond acceptors (Lipinski definition) is 3. The molecule has 0 saturated carbocycles. The normalized spacial score (nSPS) is 12.7. The van der Waals surface area contributed by atoms with Crippen molar-refractivity contribution in [3.63, 3.8) is 0 Å². The molecule has 4 nitrogen and oxygen atoms in total. The highest BCUT2D eigenvalue weighted by Crippen LogP contribution is 2.17. The first-order chi connectivity index (χ1) is 9.27. The summed E-state index contributed by atoms with van der Waals surface area (Å²) in [5.41, 5.74) is -0.161. The first-order valence-electron chi connectivity index (χ1n) is 6.52. The quantitative estimate of drug-likeness (QED) is 0.816. The van der Waals surface area contributed by atoms with Gasteiger partial charge in [0, 0.05) is 17.2 Å². The molecule has 0 aliphatic rings. The highest BCUT2D eigenvalue weighted by molar-refractivity contribution is 5.81. The van der Waals surface area contributed by atoms with E-state index >= 15 is 0 Å². The molecule has 0 bridgehead atoms. The van der Waals surface area contributed by atoms with Gasteiger partial charge in [0.25, 0.3) is 5.91 Å². The summed E-state index contributed by atoms with van der Waals surface area (Å²) in [6.45, 7) is 7.36. The Kier molecular flexibility index (Phi) is 5.25. The van der Waals surface area contributed by atoms with Gasteiger partial charge in [-0.1, -0.05) is 6.92 Å². The summed E-state index contributed by atoms with van der Waals surface area (Å²) in [4.78, 5) is 22.6. The Morgan fingerprint density at radius 3 is 2.65 bits per heavy atom. The Hall–Kier alpha value is -1.91. The van der Waals surface area contributed by atoms with Gasteiger partial charge in [-0.25, -0.2) is 4.39 Å². The molecule has 1 unspecified atom stereocenters. The summed E-state index contributed by atoms with van der Waals surface area (Å²) in [6.07, 6.45) is 0.531. The van der Waals surface area contributed by atoms with E-state index in [1.165, 1.54) is 6.07 Å². The summed E-state index contributed by atoms with van der Waals surface area (Å²) < 4.78 is 18.6. The van der Waals surface area contributed by atoms with Crippen molar-refractivity contribution in [1.29, 1.82) is 0 Å². The number of rotatable bonds is 6. The van der Waals surface area contributed by atoms with Gasteiger partial charge in [-0.3, -0.25) is 9.59 Å². The lowest BCUT2D eigenvalue weighted by Gasteiger charge is -2.26. The number of carbonyl (C=O) groups is 2. The average Bonchev–Trinajstić information content (AvgIpc) is 2.37. The Labute approximate surface area is 118 Å². The van der Waals surface area contributed by atoms with Crippen LogP contribution in [0.15, 0.2) is 18.2 Å². The molecule has 5 heteroatoms. The molecule has 1 rings (SSSR count). The third-order valence-corrected chi connectivity index (χ3v) is 3.06. The molecule has 0 radical (unpaired) electrons. The summed E-state index contributed by atoms with van der Waals surface area (Å²) >= 11 is 0. The molecule has 0 fully saturated rings. The Morgan fingerprint density at radius 2 is 2.10 bits per heavy atom. The van der Waals surface area contributed by atoms with E-state index in [9.17, 15) is 14.0 Å². The monoisotopic (exact) mass is 281 g/mol. The molecule has 1 atom stereocenters. The molecule has 1 aromatic carbocycles. The third-order valence-electron chi connectivity index (χ3n) is 3.06. The van der Waals surface area contributed by atoms with Crippen LogP contribution in [0.1, 0.15) is 44.5 Å². The lowest BCUT2D eigenvalue weighted by Crippen LogP contribution is -2.48. The Balaban J connectivity index is 2.75. The zero-order valence-corrected chi connectivity index (χ0v) is 12.2. The molecule has 20 heavy (non-hydrogen) atoms. The van der Waals surface area contributed by atoms with E-state index in [0.717, 1.165) is 18.6 Å². The van der Waals surface area contributed by atoms with E-state index in [4.69, 9.17) is 4.74 Å². The smallest absolute Gasteiger partial charge is 0.261 e. The van der Waals surface area contributed by atoms with Gasteiger partial charge < -0.3 is 10.1 Å². The minimum Gasteiger partial charge on any atom is -0.481 e. The van der Waals surface area contributed by atoms with Gasteiger partial charge in [0.2, 0.25) is 0 Å². The van der Waals surface area contributed by atoms with Crippen LogP contribution in [0.25, 0.3) is 0 Å². The standard InChI is InChI=1S/C15H20FNO3/c1-5-15(3,4)17-14(19)10(2)20-13-7-11(9-18)6-12(16)8-13/h6-10H,5H2,1-4H3,(H,17,19). The van der Waals surface area contributed by atoms with Crippen LogP contribution in [0.3, 0.4) is 0 Å². The van der Waals surface area contributed by atoms with Crippen molar-refractivity contribution in [3.05, 3.63) is 29.6 Å². The van der Waals surface area contributed by atoms with E-state index in [1.54, 1.807) is 6.92 Å². The first kappa shape index (κ1) is 16.1. The van der Waals surface area contributed by atoms with Crippen molar-refractivity contribution >= 4 is 12.2 Å². The van der Waals surface area contributed by atoms with Crippen LogP contribution in [-0.4, -0.2) is 23.8 Å². The minimum atomic E-state index is -0.776. The van der Waals surface area contributed by atoms with Crippen LogP contribution in [0.4, 0.5) is 4.39 Å². The summed E-state index contributed by atoms with van der Waals surface area (Å²) in [5.74, 6) is -0.705. The SMILES string of the molecule is CCC(C)(C)NC(=O)C(C)Oc1cc(F)cc(C=O)c1. The van der Waals surface area contributed by atoms with Crippen LogP contribution in [-0.2, 0) is 4.79 Å². The molecule has 0 spiro atoms. The van der Waals surface area contributed by atoms with Gasteiger partial charge in [-0.15, -0.1) is 0 Å². The van der Waals surface area contributed by atoms with Crippen molar-refractivity contribution in [2.75, 3.05) is 0 Å². The van der Waals surface area contributed by atoms with E-state index in [2.05, 4.69) is 5.32 Å². The van der Waals surface area contributed by atoms with Gasteiger partial charge in [0.05, 0.1) is 0 Å². The second-order valence-electron chi connectivity index (χ2n) is 5.32. The fraction of sp³-hybridized carbons (Fsp3) is 0.467. The van der Waals surface area contributed by atoms with Crippen molar-refractivity contribution in [3.8, 4) is 5.75 Å². The van der Waals surface area contributed by atoms with Gasteiger partial charge in [0.1, 0.15) is 17.9 Å². The number of halogens is 1. The summed E-state index contributed by atoms with van der Waals surface area (Å²) in [5, 5.41) is 2.84. The van der Waals surface area contributed by atoms with E-state index < -0.39 is 11.9 Å². The lowest BCUT2D eigenvalue weighted by atomic mass is 10.0. The molecule has 1 N–H and O–H groups in total. The van der Waals surface area contributed by atoms with Crippen molar-refractivity contribution in [2.45, 2.75) is 45.8 Å². The molecular formula is C15H20FNO3. The number of carbonyl (C=O) groups excluding carboxylic acids is 2. The van der Waals surface area contributed by atoms with Gasteiger partial charge in [-0.05, 0) is 39.3 Å². The number of ether oxygens (including phenoxy) is 1. The van der Waals surface area contributed by atoms with Crippen LogP contribution in [0, 0.1) is 5.82 Å². The first-order valence-corrected chi connectivity index (χ1v) is 6.52. The van der Waals surface area contributed by atoms with Crippen molar-refractivity contribution < 1.29 is 18.7 Å². The molecule has 1 amide bonds. The Bertz CT molecular complexity index is 500. The number of amides is 1. The maximum Gasteiger partial charge on any atom is 0.261 e. The zero-order valence-electron chi connectivity index (χ0n) is 12.2. The number of benzene rings is 1. The number of aldehydes is 1. The molecule has 0 heterocycles. The van der Waals surface area contributed by atoms with Crippen LogP contribution < -0.4 is 10.1 Å². The van der Waals surface area contributed by atoms with Crippen molar-refractivity contribution in [2.24, 2.45) is 0 Å². The topological polar surface area (TPSA) is 55.4 Å². The molecule has 0 aliphatic heterocycles. The van der Waals surface area contributed by atoms with Gasteiger partial charge >= 0.3 is 0 Å². The third kappa shape index (κ3) is 4.64. The largest absolute Gasteiger partial charge is 0.481 e. The highest BCUT2D eigenvalue weighted by atomic mass is 19.1. The molecular weight excluding hydrogens is 261 g/mol. The van der Waals surface area contributed by atoms with Crippen LogP contribution in [0.5, 0.6) is 5.75 Å². The van der Waals surface area contributed by atoms with Gasteiger partial charge in [-0.2, -0.15) is 0 Å².